The van der Waals surface area contributed by atoms with Crippen LogP contribution >= 0.6 is 0 Å². The summed E-state index contributed by atoms with van der Waals surface area (Å²) < 4.78 is 0. The fourth-order valence-electron chi connectivity index (χ4n) is 1.81. The molecule has 2 amide bonds. The first kappa shape index (κ1) is 14.1. The maximum absolute atomic E-state index is 12.2. The van der Waals surface area contributed by atoms with E-state index in [1.54, 1.807) is 55.6 Å². The van der Waals surface area contributed by atoms with Gasteiger partial charge in [-0.15, -0.1) is 0 Å². The molecule has 0 saturated carbocycles. The van der Waals surface area contributed by atoms with Crippen LogP contribution in [0.1, 0.15) is 11.1 Å². The van der Waals surface area contributed by atoms with Crippen LogP contribution in [-0.2, 0) is 0 Å². The Morgan fingerprint density at radius 2 is 1.71 bits per heavy atom. The van der Waals surface area contributed by atoms with E-state index in [4.69, 9.17) is 10.5 Å². The Morgan fingerprint density at radius 3 is 2.33 bits per heavy atom. The number of hydrogen-bond acceptors (Lipinski definition) is 3. The highest BCUT2D eigenvalue weighted by Crippen LogP contribution is 2.19. The normalized spacial score (nSPS) is 9.29. The molecular weight excluding hydrogens is 264 g/mol. The molecule has 0 spiro atoms. The second-order valence-corrected chi connectivity index (χ2v) is 4.31. The summed E-state index contributed by atoms with van der Waals surface area (Å²) in [6, 6.07) is 17.1. The van der Waals surface area contributed by atoms with Gasteiger partial charge in [0.15, 0.2) is 0 Å². The lowest BCUT2D eigenvalue weighted by molar-refractivity contribution is 0.258. The van der Waals surface area contributed by atoms with Crippen LogP contribution < -0.4 is 10.2 Å². The van der Waals surface area contributed by atoms with Gasteiger partial charge in [0.1, 0.15) is 6.07 Å². The van der Waals surface area contributed by atoms with Crippen molar-refractivity contribution in [2.45, 2.75) is 0 Å². The number of rotatable bonds is 2. The second-order valence-electron chi connectivity index (χ2n) is 4.31. The van der Waals surface area contributed by atoms with Gasteiger partial charge in [0, 0.05) is 12.7 Å². The number of urea groups is 1. The lowest BCUT2D eigenvalue weighted by Crippen LogP contribution is -2.31. The summed E-state index contributed by atoms with van der Waals surface area (Å²) in [6.45, 7) is 0. The first-order chi connectivity index (χ1) is 10.2. The molecule has 1 N–H and O–H groups in total. The van der Waals surface area contributed by atoms with Crippen LogP contribution in [-0.4, -0.2) is 13.1 Å². The molecule has 0 saturated heterocycles. The molecule has 0 atom stereocenters. The van der Waals surface area contributed by atoms with Gasteiger partial charge in [0.2, 0.25) is 0 Å². The first-order valence-electron chi connectivity index (χ1n) is 6.19. The molecule has 0 bridgehead atoms. The number of amides is 2. The summed E-state index contributed by atoms with van der Waals surface area (Å²) in [6.07, 6.45) is 0. The van der Waals surface area contributed by atoms with Crippen molar-refractivity contribution in [2.24, 2.45) is 0 Å². The van der Waals surface area contributed by atoms with Crippen LogP contribution in [0.2, 0.25) is 0 Å². The topological polar surface area (TPSA) is 79.9 Å². The number of nitrogens with one attached hydrogen (secondary N) is 1. The summed E-state index contributed by atoms with van der Waals surface area (Å²) in [5.41, 5.74) is 2.07. The number of carbonyl (C=O) groups excluding carboxylic acids is 1. The second kappa shape index (κ2) is 6.23. The molecule has 0 aromatic heterocycles. The monoisotopic (exact) mass is 276 g/mol. The smallest absolute Gasteiger partial charge is 0.308 e. The van der Waals surface area contributed by atoms with Crippen molar-refractivity contribution < 1.29 is 4.79 Å². The molecule has 102 valence electrons. The molecule has 0 aliphatic heterocycles. The van der Waals surface area contributed by atoms with Gasteiger partial charge in [-0.05, 0) is 36.4 Å². The van der Waals surface area contributed by atoms with E-state index < -0.39 is 0 Å². The minimum Gasteiger partial charge on any atom is -0.308 e. The molecule has 5 heteroatoms. The molecule has 0 unspecified atom stereocenters. The summed E-state index contributed by atoms with van der Waals surface area (Å²) >= 11 is 0. The maximum Gasteiger partial charge on any atom is 0.326 e. The van der Waals surface area contributed by atoms with Gasteiger partial charge in [-0.1, -0.05) is 12.1 Å². The largest absolute Gasteiger partial charge is 0.326 e. The number of hydrogen-bond donors (Lipinski definition) is 1. The van der Waals surface area contributed by atoms with E-state index in [1.807, 2.05) is 6.07 Å². The third kappa shape index (κ3) is 3.17. The summed E-state index contributed by atoms with van der Waals surface area (Å²) in [5, 5.41) is 20.5. The molecule has 0 fully saturated rings. The van der Waals surface area contributed by atoms with E-state index in [-0.39, 0.29) is 6.03 Å². The van der Waals surface area contributed by atoms with E-state index in [1.165, 1.54) is 4.90 Å². The Hall–Kier alpha value is -3.31. The van der Waals surface area contributed by atoms with Gasteiger partial charge < -0.3 is 5.32 Å². The highest BCUT2D eigenvalue weighted by molar-refractivity contribution is 6.02. The van der Waals surface area contributed by atoms with E-state index in [2.05, 4.69) is 11.4 Å². The molecule has 0 aliphatic carbocycles. The summed E-state index contributed by atoms with van der Waals surface area (Å²) in [7, 11) is 1.59. The van der Waals surface area contributed by atoms with Gasteiger partial charge in [0.05, 0.1) is 22.9 Å². The van der Waals surface area contributed by atoms with Gasteiger partial charge in [-0.25, -0.2) is 4.79 Å². The molecule has 2 aromatic carbocycles. The lowest BCUT2D eigenvalue weighted by Gasteiger charge is -2.19. The summed E-state index contributed by atoms with van der Waals surface area (Å²) in [5.74, 6) is 0. The number of carbonyl (C=O) groups is 1. The average Bonchev–Trinajstić information content (AvgIpc) is 2.54. The minimum absolute atomic E-state index is 0.359. The Kier molecular flexibility index (Phi) is 4.18. The predicted octanol–water partition coefficient (Wildman–Crippen LogP) is 3.10. The third-order valence-electron chi connectivity index (χ3n) is 2.96. The van der Waals surface area contributed by atoms with Crippen molar-refractivity contribution in [1.82, 2.24) is 0 Å². The molecule has 0 heterocycles. The van der Waals surface area contributed by atoms with Gasteiger partial charge in [-0.2, -0.15) is 10.5 Å². The Balaban J connectivity index is 2.16. The zero-order chi connectivity index (χ0) is 15.2. The predicted molar refractivity (Wildman–Crippen MR) is 79.7 cm³/mol. The molecule has 0 radical (unpaired) electrons. The van der Waals surface area contributed by atoms with Crippen molar-refractivity contribution in [2.75, 3.05) is 17.3 Å². The summed E-state index contributed by atoms with van der Waals surface area (Å²) in [4.78, 5) is 13.5. The Bertz CT molecular complexity index is 738. The maximum atomic E-state index is 12.2. The van der Waals surface area contributed by atoms with Gasteiger partial charge in [-0.3, -0.25) is 4.90 Å². The first-order valence-corrected chi connectivity index (χ1v) is 6.19. The SMILES string of the molecule is CN(C(=O)Nc1ccc(C#N)cc1)c1ccccc1C#N. The van der Waals surface area contributed by atoms with Crippen LogP contribution in [0, 0.1) is 22.7 Å². The van der Waals surface area contributed by atoms with Gasteiger partial charge >= 0.3 is 6.03 Å². The number of anilines is 2. The fraction of sp³-hybridized carbons (Fsp3) is 0.0625. The van der Waals surface area contributed by atoms with Crippen molar-refractivity contribution in [1.29, 1.82) is 10.5 Å². The molecule has 2 rings (SSSR count). The number of para-hydroxylation sites is 1. The number of nitriles is 2. The van der Waals surface area contributed by atoms with E-state index in [0.29, 0.717) is 22.5 Å². The highest BCUT2D eigenvalue weighted by Gasteiger charge is 2.14. The zero-order valence-corrected chi connectivity index (χ0v) is 11.4. The Labute approximate surface area is 122 Å². The van der Waals surface area contributed by atoms with Crippen LogP contribution in [0.3, 0.4) is 0 Å². The zero-order valence-electron chi connectivity index (χ0n) is 11.4. The van der Waals surface area contributed by atoms with Crippen molar-refractivity contribution in [3.63, 3.8) is 0 Å². The molecule has 21 heavy (non-hydrogen) atoms. The van der Waals surface area contributed by atoms with Crippen molar-refractivity contribution in [3.05, 3.63) is 59.7 Å². The fourth-order valence-corrected chi connectivity index (χ4v) is 1.81. The quantitative estimate of drug-likeness (QED) is 0.915. The minimum atomic E-state index is -0.359. The van der Waals surface area contributed by atoms with Crippen LogP contribution in [0.15, 0.2) is 48.5 Å². The van der Waals surface area contributed by atoms with E-state index >= 15 is 0 Å². The van der Waals surface area contributed by atoms with Crippen LogP contribution in [0.4, 0.5) is 16.2 Å². The molecule has 0 aliphatic rings. The molecular formula is C16H12N4O. The van der Waals surface area contributed by atoms with Crippen molar-refractivity contribution >= 4 is 17.4 Å². The highest BCUT2D eigenvalue weighted by atomic mass is 16.2. The average molecular weight is 276 g/mol. The van der Waals surface area contributed by atoms with E-state index in [9.17, 15) is 4.79 Å². The van der Waals surface area contributed by atoms with Gasteiger partial charge in [0.25, 0.3) is 0 Å². The molecule has 5 nitrogen and oxygen atoms in total. The van der Waals surface area contributed by atoms with Crippen molar-refractivity contribution in [3.8, 4) is 12.1 Å². The van der Waals surface area contributed by atoms with Crippen LogP contribution in [0.25, 0.3) is 0 Å². The van der Waals surface area contributed by atoms with E-state index in [0.717, 1.165) is 0 Å². The standard InChI is InChI=1S/C16H12N4O/c1-20(15-5-3-2-4-13(15)11-18)16(21)19-14-8-6-12(10-17)7-9-14/h2-9H,1H3,(H,19,21). The lowest BCUT2D eigenvalue weighted by atomic mass is 10.2. The number of nitrogens with zero attached hydrogens (tertiary/aromatic N) is 3. The van der Waals surface area contributed by atoms with Crippen LogP contribution in [0.5, 0.6) is 0 Å². The molecule has 2 aromatic rings. The Morgan fingerprint density at radius 1 is 1.05 bits per heavy atom. The third-order valence-corrected chi connectivity index (χ3v) is 2.96. The number of benzene rings is 2.